The van der Waals surface area contributed by atoms with E-state index in [9.17, 15) is 0 Å². The van der Waals surface area contributed by atoms with Crippen molar-refractivity contribution in [2.24, 2.45) is 0 Å². The third-order valence-electron chi connectivity index (χ3n) is 5.66. The fraction of sp³-hybridized carbons (Fsp3) is 0.286. The summed E-state index contributed by atoms with van der Waals surface area (Å²) in [6, 6.07) is 15.6. The number of rotatable bonds is 5. The molecule has 2 aromatic heterocycles. The van der Waals surface area contributed by atoms with Gasteiger partial charge in [0, 0.05) is 36.6 Å². The van der Waals surface area contributed by atoms with Crippen LogP contribution in [0.5, 0.6) is 11.5 Å². The van der Waals surface area contributed by atoms with Crippen LogP contribution in [0.1, 0.15) is 22.8 Å². The molecule has 0 bridgehead atoms. The molecular weight excluding hydrogens is 516 g/mol. The summed E-state index contributed by atoms with van der Waals surface area (Å²) < 4.78 is 10.1. The lowest BCUT2D eigenvalue weighted by Gasteiger charge is -2.21. The number of ether oxygens (including phenoxy) is 2. The first kappa shape index (κ1) is 30.9. The molecule has 0 spiro atoms. The molecule has 0 aliphatic carbocycles. The summed E-state index contributed by atoms with van der Waals surface area (Å²) in [6.45, 7) is 7.30. The number of nitrogens with one attached hydrogen (secondary N) is 1. The van der Waals surface area contributed by atoms with Crippen molar-refractivity contribution < 1.29 is 9.47 Å². The van der Waals surface area contributed by atoms with Crippen molar-refractivity contribution >= 4 is 40.4 Å². The standard InChI is InChI=1S/C14H18N4O.C8H11NO.C6H8ClN3/c1-9-13(15)16-10(2)17-14(9)18(3)11-5-7-12(19-4)8-6-11;1-9-7-3-5-8(10-2)6-4-7;1-3-5(7)9-4(2)10-6(3)8/h5-8H,1-4H3,(H2,15,16,17);3-6,9H,1-2H3;1-2H3,(H2,8,9,10). The van der Waals surface area contributed by atoms with Crippen LogP contribution < -0.4 is 31.2 Å². The second-order valence-corrected chi connectivity index (χ2v) is 8.77. The molecule has 5 N–H and O–H groups in total. The Morgan fingerprint density at radius 1 is 0.718 bits per heavy atom. The summed E-state index contributed by atoms with van der Waals surface area (Å²) >= 11 is 5.69. The lowest BCUT2D eigenvalue weighted by Crippen LogP contribution is -2.15. The zero-order chi connectivity index (χ0) is 29.1. The number of halogens is 1. The average Bonchev–Trinajstić information content (AvgIpc) is 2.94. The number of nitrogens with two attached hydrogens (primary N) is 2. The zero-order valence-corrected chi connectivity index (χ0v) is 24.5. The van der Waals surface area contributed by atoms with E-state index in [1.807, 2.05) is 81.4 Å². The molecule has 4 rings (SSSR count). The fourth-order valence-corrected chi connectivity index (χ4v) is 3.48. The van der Waals surface area contributed by atoms with Crippen LogP contribution in [-0.4, -0.2) is 48.3 Å². The highest BCUT2D eigenvalue weighted by molar-refractivity contribution is 6.30. The van der Waals surface area contributed by atoms with Crippen LogP contribution >= 0.6 is 11.6 Å². The SMILES string of the molecule is CNc1ccc(OC)cc1.COc1ccc(N(C)c2nc(C)nc(N)c2C)cc1.Cc1nc(N)c(C)c(Cl)n1. The molecule has 4 aromatic rings. The molecule has 0 atom stereocenters. The van der Waals surface area contributed by atoms with Crippen LogP contribution in [0.25, 0.3) is 0 Å². The predicted octanol–water partition coefficient (Wildman–Crippen LogP) is 5.52. The van der Waals surface area contributed by atoms with E-state index in [1.54, 1.807) is 28.1 Å². The molecule has 0 aliphatic rings. The van der Waals surface area contributed by atoms with E-state index in [1.165, 1.54) is 0 Å². The predicted molar refractivity (Wildman–Crippen MR) is 160 cm³/mol. The van der Waals surface area contributed by atoms with Gasteiger partial charge in [0.25, 0.3) is 0 Å². The summed E-state index contributed by atoms with van der Waals surface area (Å²) in [5.41, 5.74) is 15.1. The Bertz CT molecular complexity index is 1300. The first-order valence-electron chi connectivity index (χ1n) is 12.1. The van der Waals surface area contributed by atoms with Crippen LogP contribution in [0.4, 0.5) is 28.8 Å². The number of methoxy groups -OCH3 is 2. The quantitative estimate of drug-likeness (QED) is 0.271. The van der Waals surface area contributed by atoms with Gasteiger partial charge in [0.2, 0.25) is 0 Å². The molecule has 10 nitrogen and oxygen atoms in total. The van der Waals surface area contributed by atoms with Crippen LogP contribution in [0.2, 0.25) is 5.15 Å². The molecule has 0 radical (unpaired) electrons. The lowest BCUT2D eigenvalue weighted by atomic mass is 10.2. The molecule has 0 saturated carbocycles. The Hall–Kier alpha value is -4.31. The summed E-state index contributed by atoms with van der Waals surface area (Å²) in [5.74, 6) is 4.77. The molecule has 11 heteroatoms. The summed E-state index contributed by atoms with van der Waals surface area (Å²) in [4.78, 5) is 18.4. The lowest BCUT2D eigenvalue weighted by molar-refractivity contribution is 0.414. The number of anilines is 5. The Morgan fingerprint density at radius 2 is 1.18 bits per heavy atom. The van der Waals surface area contributed by atoms with E-state index in [0.29, 0.717) is 28.4 Å². The van der Waals surface area contributed by atoms with Crippen molar-refractivity contribution in [1.82, 2.24) is 19.9 Å². The average molecular weight is 553 g/mol. The maximum atomic E-state index is 5.89. The van der Waals surface area contributed by atoms with E-state index in [0.717, 1.165) is 39.8 Å². The van der Waals surface area contributed by atoms with Crippen molar-refractivity contribution in [2.75, 3.05) is 50.0 Å². The third-order valence-corrected chi connectivity index (χ3v) is 6.03. The van der Waals surface area contributed by atoms with Crippen molar-refractivity contribution in [3.63, 3.8) is 0 Å². The number of hydrogen-bond acceptors (Lipinski definition) is 10. The van der Waals surface area contributed by atoms with Crippen molar-refractivity contribution in [3.05, 3.63) is 76.5 Å². The van der Waals surface area contributed by atoms with Gasteiger partial charge < -0.3 is 31.2 Å². The highest BCUT2D eigenvalue weighted by Gasteiger charge is 2.12. The normalized spacial score (nSPS) is 9.87. The number of nitrogens with zero attached hydrogens (tertiary/aromatic N) is 5. The van der Waals surface area contributed by atoms with Crippen molar-refractivity contribution in [3.8, 4) is 11.5 Å². The highest BCUT2D eigenvalue weighted by atomic mass is 35.5. The van der Waals surface area contributed by atoms with Gasteiger partial charge in [0.05, 0.1) is 14.2 Å². The largest absolute Gasteiger partial charge is 0.497 e. The van der Waals surface area contributed by atoms with Gasteiger partial charge in [0.15, 0.2) is 0 Å². The second-order valence-electron chi connectivity index (χ2n) is 8.41. The number of hydrogen-bond donors (Lipinski definition) is 3. The number of aryl methyl sites for hydroxylation is 2. The molecule has 208 valence electrons. The Labute approximate surface area is 235 Å². The van der Waals surface area contributed by atoms with Gasteiger partial charge in [-0.05, 0) is 76.2 Å². The molecule has 2 aromatic carbocycles. The van der Waals surface area contributed by atoms with E-state index >= 15 is 0 Å². The maximum absolute atomic E-state index is 5.89. The zero-order valence-electron chi connectivity index (χ0n) is 23.7. The third kappa shape index (κ3) is 8.89. The van der Waals surface area contributed by atoms with Gasteiger partial charge in [-0.2, -0.15) is 0 Å². The summed E-state index contributed by atoms with van der Waals surface area (Å²) in [6.07, 6.45) is 0. The molecule has 0 aliphatic heterocycles. The maximum Gasteiger partial charge on any atom is 0.141 e. The van der Waals surface area contributed by atoms with Crippen LogP contribution in [0.15, 0.2) is 48.5 Å². The van der Waals surface area contributed by atoms with Gasteiger partial charge in [-0.15, -0.1) is 0 Å². The molecule has 0 saturated heterocycles. The van der Waals surface area contributed by atoms with Crippen molar-refractivity contribution in [1.29, 1.82) is 0 Å². The monoisotopic (exact) mass is 552 g/mol. The second kappa shape index (κ2) is 14.6. The summed E-state index contributed by atoms with van der Waals surface area (Å²) in [7, 11) is 7.16. The van der Waals surface area contributed by atoms with Crippen LogP contribution in [0, 0.1) is 27.7 Å². The highest BCUT2D eigenvalue weighted by Crippen LogP contribution is 2.28. The fourth-order valence-electron chi connectivity index (χ4n) is 3.26. The topological polar surface area (TPSA) is 137 Å². The van der Waals surface area contributed by atoms with E-state index in [-0.39, 0.29) is 0 Å². The Balaban J connectivity index is 0.000000225. The van der Waals surface area contributed by atoms with Crippen LogP contribution in [0.3, 0.4) is 0 Å². The smallest absolute Gasteiger partial charge is 0.141 e. The van der Waals surface area contributed by atoms with Gasteiger partial charge in [0.1, 0.15) is 45.8 Å². The van der Waals surface area contributed by atoms with E-state index < -0.39 is 0 Å². The van der Waals surface area contributed by atoms with E-state index in [2.05, 4.69) is 25.3 Å². The van der Waals surface area contributed by atoms with E-state index in [4.69, 9.17) is 32.5 Å². The minimum absolute atomic E-state index is 0.435. The molecule has 0 amide bonds. The molecule has 0 unspecified atom stereocenters. The number of aromatic nitrogens is 4. The Kier molecular flexibility index (Phi) is 11.6. The van der Waals surface area contributed by atoms with Crippen molar-refractivity contribution in [2.45, 2.75) is 27.7 Å². The minimum atomic E-state index is 0.435. The molecule has 39 heavy (non-hydrogen) atoms. The first-order valence-corrected chi connectivity index (χ1v) is 12.4. The van der Waals surface area contributed by atoms with Gasteiger partial charge >= 0.3 is 0 Å². The van der Waals surface area contributed by atoms with Gasteiger partial charge in [-0.1, -0.05) is 11.6 Å². The molecule has 0 fully saturated rings. The number of nitrogen functional groups attached to an aromatic ring is 2. The minimum Gasteiger partial charge on any atom is -0.497 e. The van der Waals surface area contributed by atoms with Gasteiger partial charge in [-0.3, -0.25) is 0 Å². The molecule has 2 heterocycles. The Morgan fingerprint density at radius 3 is 1.64 bits per heavy atom. The van der Waals surface area contributed by atoms with Gasteiger partial charge in [-0.25, -0.2) is 19.9 Å². The first-order chi connectivity index (χ1) is 18.5. The number of benzene rings is 2. The summed E-state index contributed by atoms with van der Waals surface area (Å²) in [5, 5.41) is 3.46. The molecular formula is C28H37ClN8O2. The van der Waals surface area contributed by atoms with Crippen LogP contribution in [-0.2, 0) is 0 Å².